The van der Waals surface area contributed by atoms with Crippen LogP contribution in [0.2, 0.25) is 0 Å². The number of aromatic amines is 1. The van der Waals surface area contributed by atoms with E-state index < -0.39 is 5.67 Å². The first kappa shape index (κ1) is 13.9. The van der Waals surface area contributed by atoms with E-state index in [1.165, 1.54) is 0 Å². The number of halogens is 1. The minimum Gasteiger partial charge on any atom is -0.365 e. The highest BCUT2D eigenvalue weighted by Gasteiger charge is 2.53. The number of fused-ring (bicyclic) bond motifs is 1. The lowest BCUT2D eigenvalue weighted by Gasteiger charge is -2.28. The first-order valence-electron chi connectivity index (χ1n) is 8.05. The van der Waals surface area contributed by atoms with E-state index in [-0.39, 0.29) is 5.92 Å². The Labute approximate surface area is 129 Å². The third kappa shape index (κ3) is 2.35. The van der Waals surface area contributed by atoms with E-state index in [9.17, 15) is 4.39 Å². The highest BCUT2D eigenvalue weighted by Crippen LogP contribution is 2.56. The molecule has 0 amide bonds. The van der Waals surface area contributed by atoms with Gasteiger partial charge in [0.05, 0.1) is 5.39 Å². The van der Waals surface area contributed by atoms with E-state index in [1.807, 2.05) is 6.20 Å². The van der Waals surface area contributed by atoms with Gasteiger partial charge in [-0.1, -0.05) is 0 Å². The van der Waals surface area contributed by atoms with Crippen molar-refractivity contribution in [3.63, 3.8) is 0 Å². The molecular weight excluding hydrogens is 281 g/mol. The van der Waals surface area contributed by atoms with Crippen LogP contribution in [-0.4, -0.2) is 39.2 Å². The molecule has 0 radical (unpaired) electrons. The Morgan fingerprint density at radius 1 is 1.36 bits per heavy atom. The lowest BCUT2D eigenvalue weighted by Crippen LogP contribution is -2.43. The fraction of sp³-hybridized carbons (Fsp3) is 0.625. The topological polar surface area (TPSA) is 65.6 Å². The van der Waals surface area contributed by atoms with Crippen LogP contribution >= 0.6 is 0 Å². The SMILES string of the molecule is C[C@H]1CC[C@@H](Nc2ncnc3[nH]cc(C4CC4(C)F)c23)CN1. The van der Waals surface area contributed by atoms with Crippen LogP contribution in [0.15, 0.2) is 12.5 Å². The number of piperidine rings is 1. The van der Waals surface area contributed by atoms with Gasteiger partial charge in [0.25, 0.3) is 0 Å². The molecule has 1 saturated carbocycles. The van der Waals surface area contributed by atoms with Gasteiger partial charge in [-0.25, -0.2) is 14.4 Å². The van der Waals surface area contributed by atoms with Crippen molar-refractivity contribution in [1.29, 1.82) is 0 Å². The highest BCUT2D eigenvalue weighted by molar-refractivity contribution is 5.91. The van der Waals surface area contributed by atoms with E-state index >= 15 is 0 Å². The summed E-state index contributed by atoms with van der Waals surface area (Å²) in [4.78, 5) is 11.9. The summed E-state index contributed by atoms with van der Waals surface area (Å²) in [6.07, 6.45) is 6.30. The molecule has 2 aliphatic rings. The number of aromatic nitrogens is 3. The summed E-state index contributed by atoms with van der Waals surface area (Å²) < 4.78 is 14.1. The first-order valence-corrected chi connectivity index (χ1v) is 8.05. The van der Waals surface area contributed by atoms with Gasteiger partial charge in [-0.05, 0) is 38.7 Å². The molecule has 0 aromatic carbocycles. The van der Waals surface area contributed by atoms with E-state index in [4.69, 9.17) is 0 Å². The van der Waals surface area contributed by atoms with Gasteiger partial charge in [0.1, 0.15) is 23.5 Å². The van der Waals surface area contributed by atoms with Crippen LogP contribution in [0.25, 0.3) is 11.0 Å². The van der Waals surface area contributed by atoms with Crippen LogP contribution in [0.5, 0.6) is 0 Å². The van der Waals surface area contributed by atoms with E-state index in [0.717, 1.165) is 41.8 Å². The van der Waals surface area contributed by atoms with Crippen molar-refractivity contribution in [2.24, 2.45) is 0 Å². The Morgan fingerprint density at radius 3 is 2.86 bits per heavy atom. The maximum absolute atomic E-state index is 14.1. The Kier molecular flexibility index (Phi) is 3.11. The Morgan fingerprint density at radius 2 is 2.18 bits per heavy atom. The van der Waals surface area contributed by atoms with Gasteiger partial charge in [0.15, 0.2) is 0 Å². The summed E-state index contributed by atoms with van der Waals surface area (Å²) >= 11 is 0. The van der Waals surface area contributed by atoms with Crippen molar-refractivity contribution in [3.05, 3.63) is 18.1 Å². The zero-order chi connectivity index (χ0) is 15.3. The summed E-state index contributed by atoms with van der Waals surface area (Å²) in [6, 6.07) is 0.929. The molecular formula is C16H22FN5. The number of rotatable bonds is 3. The van der Waals surface area contributed by atoms with E-state index in [0.29, 0.717) is 18.5 Å². The molecule has 0 bridgehead atoms. The van der Waals surface area contributed by atoms with Crippen LogP contribution in [-0.2, 0) is 0 Å². The van der Waals surface area contributed by atoms with Gasteiger partial charge in [-0.15, -0.1) is 0 Å². The average Bonchev–Trinajstić information content (AvgIpc) is 2.94. The molecule has 2 aromatic rings. The van der Waals surface area contributed by atoms with Gasteiger partial charge in [0.2, 0.25) is 0 Å². The lowest BCUT2D eigenvalue weighted by molar-refractivity contribution is 0.328. The molecule has 3 heterocycles. The average molecular weight is 303 g/mol. The number of nitrogens with one attached hydrogen (secondary N) is 3. The number of nitrogens with zero attached hydrogens (tertiary/aromatic N) is 2. The molecule has 22 heavy (non-hydrogen) atoms. The number of alkyl halides is 1. The zero-order valence-electron chi connectivity index (χ0n) is 13.0. The van der Waals surface area contributed by atoms with Gasteiger partial charge in [-0.2, -0.15) is 0 Å². The maximum atomic E-state index is 14.1. The minimum absolute atomic E-state index is 0.0442. The van der Waals surface area contributed by atoms with Gasteiger partial charge in [-0.3, -0.25) is 0 Å². The second-order valence-corrected chi connectivity index (χ2v) is 6.95. The van der Waals surface area contributed by atoms with Gasteiger partial charge in [0, 0.05) is 30.7 Å². The first-order chi connectivity index (χ1) is 10.5. The van der Waals surface area contributed by atoms with Crippen LogP contribution in [0.4, 0.5) is 10.2 Å². The predicted molar refractivity (Wildman–Crippen MR) is 84.9 cm³/mol. The normalized spacial score (nSPS) is 34.8. The summed E-state index contributed by atoms with van der Waals surface area (Å²) in [5, 5.41) is 7.96. The fourth-order valence-electron chi connectivity index (χ4n) is 3.46. The third-order valence-electron chi connectivity index (χ3n) is 5.05. The summed E-state index contributed by atoms with van der Waals surface area (Å²) in [6.45, 7) is 4.80. The summed E-state index contributed by atoms with van der Waals surface area (Å²) in [5.74, 6) is 0.780. The van der Waals surface area contributed by atoms with Gasteiger partial charge < -0.3 is 15.6 Å². The molecule has 2 unspecified atom stereocenters. The molecule has 3 N–H and O–H groups in total. The van der Waals surface area contributed by atoms with Crippen molar-refractivity contribution >= 4 is 16.9 Å². The minimum atomic E-state index is -1.09. The molecule has 0 spiro atoms. The quantitative estimate of drug-likeness (QED) is 0.816. The number of anilines is 1. The molecule has 2 fully saturated rings. The van der Waals surface area contributed by atoms with Crippen LogP contribution in [0.3, 0.4) is 0 Å². The lowest BCUT2D eigenvalue weighted by atomic mass is 10.0. The van der Waals surface area contributed by atoms with Crippen molar-refractivity contribution < 1.29 is 4.39 Å². The molecule has 5 nitrogen and oxygen atoms in total. The second kappa shape index (κ2) is 4.91. The van der Waals surface area contributed by atoms with Crippen LogP contribution in [0.1, 0.15) is 44.6 Å². The Balaban J connectivity index is 1.64. The molecule has 1 aliphatic carbocycles. The highest BCUT2D eigenvalue weighted by atomic mass is 19.1. The van der Waals surface area contributed by atoms with E-state index in [2.05, 4.69) is 32.5 Å². The van der Waals surface area contributed by atoms with Crippen molar-refractivity contribution in [2.45, 2.75) is 56.8 Å². The summed E-state index contributed by atoms with van der Waals surface area (Å²) in [7, 11) is 0. The molecule has 2 aromatic heterocycles. The Bertz CT molecular complexity index is 687. The fourth-order valence-corrected chi connectivity index (χ4v) is 3.46. The van der Waals surface area contributed by atoms with Crippen molar-refractivity contribution in [3.8, 4) is 0 Å². The van der Waals surface area contributed by atoms with Crippen LogP contribution in [0, 0.1) is 0 Å². The molecule has 1 saturated heterocycles. The second-order valence-electron chi connectivity index (χ2n) is 6.95. The molecule has 118 valence electrons. The van der Waals surface area contributed by atoms with E-state index in [1.54, 1.807) is 13.3 Å². The number of H-pyrrole nitrogens is 1. The molecule has 6 heteroatoms. The Hall–Kier alpha value is -1.69. The molecule has 1 aliphatic heterocycles. The number of hydrogen-bond acceptors (Lipinski definition) is 4. The smallest absolute Gasteiger partial charge is 0.143 e. The standard InChI is InChI=1S/C16H22FN5/c1-9-3-4-10(6-18-9)22-15-13-11(12-5-16(12,2)17)7-19-14(13)20-8-21-15/h7-10,12,18H,3-6H2,1-2H3,(H2,19,20,21,22)/t9-,10+,12?,16?/m0/s1. The maximum Gasteiger partial charge on any atom is 0.143 e. The summed E-state index contributed by atoms with van der Waals surface area (Å²) in [5.41, 5.74) is 0.692. The van der Waals surface area contributed by atoms with Gasteiger partial charge >= 0.3 is 0 Å². The van der Waals surface area contributed by atoms with Crippen molar-refractivity contribution in [1.82, 2.24) is 20.3 Å². The molecule has 4 atom stereocenters. The molecule has 4 rings (SSSR count). The zero-order valence-corrected chi connectivity index (χ0v) is 13.0. The van der Waals surface area contributed by atoms with Crippen LogP contribution < -0.4 is 10.6 Å². The number of hydrogen-bond donors (Lipinski definition) is 3. The van der Waals surface area contributed by atoms with Crippen molar-refractivity contribution in [2.75, 3.05) is 11.9 Å². The largest absolute Gasteiger partial charge is 0.365 e. The third-order valence-corrected chi connectivity index (χ3v) is 5.05. The predicted octanol–water partition coefficient (Wildman–Crippen LogP) is 2.73. The monoisotopic (exact) mass is 303 g/mol.